The van der Waals surface area contributed by atoms with E-state index in [1.165, 1.54) is 17.4 Å². The van der Waals surface area contributed by atoms with Crippen molar-refractivity contribution >= 4 is 15.7 Å². The van der Waals surface area contributed by atoms with Crippen LogP contribution in [0.3, 0.4) is 0 Å². The molecule has 0 aromatic heterocycles. The molecule has 0 atom stereocenters. The summed E-state index contributed by atoms with van der Waals surface area (Å²) >= 11 is 0. The molecule has 20 heavy (non-hydrogen) atoms. The molecule has 0 aromatic rings. The molecule has 2 heterocycles. The van der Waals surface area contributed by atoms with Gasteiger partial charge in [0.25, 0.3) is 0 Å². The standard InChI is InChI=1S/C15H24N2O2S/c1-5-12-8-13-6-7-17(20(4,18)19)10-14(13)15(11(2)3)16-9-12/h8,11H,5-7,9-10H2,1-4H3. The lowest BCUT2D eigenvalue weighted by Gasteiger charge is -2.29. The van der Waals surface area contributed by atoms with Gasteiger partial charge in [0.2, 0.25) is 10.0 Å². The van der Waals surface area contributed by atoms with E-state index >= 15 is 0 Å². The molecular weight excluding hydrogens is 272 g/mol. The maximum absolute atomic E-state index is 11.8. The van der Waals surface area contributed by atoms with E-state index in [1.54, 1.807) is 4.31 Å². The fourth-order valence-corrected chi connectivity index (χ4v) is 3.55. The summed E-state index contributed by atoms with van der Waals surface area (Å²) in [5.41, 5.74) is 4.82. The first kappa shape index (κ1) is 15.4. The topological polar surface area (TPSA) is 49.7 Å². The number of nitrogens with zero attached hydrogens (tertiary/aromatic N) is 2. The number of allylic oxidation sites excluding steroid dienone is 1. The van der Waals surface area contributed by atoms with Crippen molar-refractivity contribution in [3.05, 3.63) is 22.8 Å². The van der Waals surface area contributed by atoms with E-state index in [0.29, 0.717) is 19.0 Å². The molecule has 0 amide bonds. The largest absolute Gasteiger partial charge is 0.285 e. The molecule has 0 radical (unpaired) electrons. The Labute approximate surface area is 122 Å². The minimum absolute atomic E-state index is 0.323. The molecule has 0 fully saturated rings. The van der Waals surface area contributed by atoms with E-state index in [1.807, 2.05) is 0 Å². The monoisotopic (exact) mass is 296 g/mol. The third-order valence-corrected chi connectivity index (χ3v) is 5.21. The van der Waals surface area contributed by atoms with Gasteiger partial charge in [0.05, 0.1) is 12.8 Å². The lowest BCUT2D eigenvalue weighted by molar-refractivity contribution is 0.432. The summed E-state index contributed by atoms with van der Waals surface area (Å²) in [6.45, 7) is 8.19. The van der Waals surface area contributed by atoms with Crippen molar-refractivity contribution in [2.45, 2.75) is 33.6 Å². The number of hydrogen-bond donors (Lipinski definition) is 0. The Morgan fingerprint density at radius 1 is 1.40 bits per heavy atom. The van der Waals surface area contributed by atoms with E-state index < -0.39 is 10.0 Å². The van der Waals surface area contributed by atoms with Gasteiger partial charge < -0.3 is 0 Å². The Morgan fingerprint density at radius 2 is 2.10 bits per heavy atom. The summed E-state index contributed by atoms with van der Waals surface area (Å²) in [6, 6.07) is 0. The third-order valence-electron chi connectivity index (χ3n) is 3.96. The molecule has 0 saturated carbocycles. The number of hydrogen-bond acceptors (Lipinski definition) is 3. The molecule has 0 spiro atoms. The van der Waals surface area contributed by atoms with Crippen LogP contribution in [0.15, 0.2) is 27.8 Å². The molecule has 5 heteroatoms. The molecule has 0 aliphatic carbocycles. The van der Waals surface area contributed by atoms with Gasteiger partial charge in [0.1, 0.15) is 0 Å². The lowest BCUT2D eigenvalue weighted by atomic mass is 9.91. The van der Waals surface area contributed by atoms with Crippen molar-refractivity contribution in [2.75, 3.05) is 25.9 Å². The van der Waals surface area contributed by atoms with E-state index in [-0.39, 0.29) is 0 Å². The van der Waals surface area contributed by atoms with Gasteiger partial charge in [-0.3, -0.25) is 4.99 Å². The number of aliphatic imine (C=N–C) groups is 1. The smallest absolute Gasteiger partial charge is 0.211 e. The molecule has 112 valence electrons. The second-order valence-electron chi connectivity index (χ2n) is 5.86. The van der Waals surface area contributed by atoms with Gasteiger partial charge in [-0.25, -0.2) is 8.42 Å². The summed E-state index contributed by atoms with van der Waals surface area (Å²) in [4.78, 5) is 4.74. The normalized spacial score (nSPS) is 21.4. The number of rotatable bonds is 3. The first-order chi connectivity index (χ1) is 9.32. The molecule has 0 unspecified atom stereocenters. The van der Waals surface area contributed by atoms with Crippen LogP contribution in [0.4, 0.5) is 0 Å². The highest BCUT2D eigenvalue weighted by molar-refractivity contribution is 7.88. The van der Waals surface area contributed by atoms with Gasteiger partial charge in [-0.15, -0.1) is 0 Å². The van der Waals surface area contributed by atoms with Crippen molar-refractivity contribution in [2.24, 2.45) is 10.9 Å². The van der Waals surface area contributed by atoms with Gasteiger partial charge in [-0.2, -0.15) is 4.31 Å². The van der Waals surface area contributed by atoms with Crippen LogP contribution < -0.4 is 0 Å². The van der Waals surface area contributed by atoms with Crippen LogP contribution in [0.5, 0.6) is 0 Å². The van der Waals surface area contributed by atoms with Crippen LogP contribution >= 0.6 is 0 Å². The SMILES string of the molecule is CCC1=CC2=C(CN(S(C)(=O)=O)CC2)C(C(C)C)=NC1. The fraction of sp³-hybridized carbons (Fsp3) is 0.667. The van der Waals surface area contributed by atoms with E-state index in [9.17, 15) is 8.42 Å². The van der Waals surface area contributed by atoms with Crippen LogP contribution in [-0.4, -0.2) is 44.3 Å². The van der Waals surface area contributed by atoms with Gasteiger partial charge in [-0.05, 0) is 35.5 Å². The van der Waals surface area contributed by atoms with Gasteiger partial charge in [0, 0.05) is 18.8 Å². The molecule has 0 bridgehead atoms. The quantitative estimate of drug-likeness (QED) is 0.803. The van der Waals surface area contributed by atoms with E-state index in [0.717, 1.165) is 30.7 Å². The first-order valence-corrected chi connectivity index (χ1v) is 9.09. The highest BCUT2D eigenvalue weighted by Gasteiger charge is 2.28. The maximum atomic E-state index is 11.8. The summed E-state index contributed by atoms with van der Waals surface area (Å²) in [6.07, 6.45) is 5.32. The summed E-state index contributed by atoms with van der Waals surface area (Å²) in [7, 11) is -3.13. The second-order valence-corrected chi connectivity index (χ2v) is 7.85. The van der Waals surface area contributed by atoms with Gasteiger partial charge in [-0.1, -0.05) is 26.8 Å². The van der Waals surface area contributed by atoms with Crippen LogP contribution in [0.25, 0.3) is 0 Å². The zero-order valence-corrected chi connectivity index (χ0v) is 13.6. The summed E-state index contributed by atoms with van der Waals surface area (Å²) < 4.78 is 25.1. The predicted molar refractivity (Wildman–Crippen MR) is 83.6 cm³/mol. The predicted octanol–water partition coefficient (Wildman–Crippen LogP) is 2.40. The molecule has 2 aliphatic heterocycles. The molecule has 0 saturated heterocycles. The van der Waals surface area contributed by atoms with Crippen molar-refractivity contribution in [1.29, 1.82) is 0 Å². The van der Waals surface area contributed by atoms with Crippen molar-refractivity contribution in [3.8, 4) is 0 Å². The fourth-order valence-electron chi connectivity index (χ4n) is 2.76. The van der Waals surface area contributed by atoms with E-state index in [2.05, 4.69) is 26.8 Å². The zero-order valence-electron chi connectivity index (χ0n) is 12.8. The van der Waals surface area contributed by atoms with Crippen LogP contribution in [0.2, 0.25) is 0 Å². The average molecular weight is 296 g/mol. The van der Waals surface area contributed by atoms with Crippen LogP contribution in [-0.2, 0) is 10.0 Å². The second kappa shape index (κ2) is 5.82. The molecule has 0 N–H and O–H groups in total. The van der Waals surface area contributed by atoms with Gasteiger partial charge in [0.15, 0.2) is 0 Å². The zero-order chi connectivity index (χ0) is 14.9. The van der Waals surface area contributed by atoms with Crippen molar-refractivity contribution < 1.29 is 8.42 Å². The number of sulfonamides is 1. The summed E-state index contributed by atoms with van der Waals surface area (Å²) in [5.74, 6) is 0.323. The third kappa shape index (κ3) is 3.20. The lowest BCUT2D eigenvalue weighted by Crippen LogP contribution is -2.38. The molecular formula is C15H24N2O2S. The highest BCUT2D eigenvalue weighted by Crippen LogP contribution is 2.28. The summed E-state index contributed by atoms with van der Waals surface area (Å²) in [5, 5.41) is 0. The van der Waals surface area contributed by atoms with E-state index in [4.69, 9.17) is 4.99 Å². The Bertz CT molecular complexity index is 583. The van der Waals surface area contributed by atoms with Gasteiger partial charge >= 0.3 is 0 Å². The Morgan fingerprint density at radius 3 is 2.65 bits per heavy atom. The minimum Gasteiger partial charge on any atom is -0.285 e. The Kier molecular flexibility index (Phi) is 4.49. The molecule has 2 rings (SSSR count). The van der Waals surface area contributed by atoms with Crippen molar-refractivity contribution in [1.82, 2.24) is 4.31 Å². The highest BCUT2D eigenvalue weighted by atomic mass is 32.2. The minimum atomic E-state index is -3.13. The van der Waals surface area contributed by atoms with Crippen LogP contribution in [0, 0.1) is 5.92 Å². The Balaban J connectivity index is 2.44. The molecule has 0 aromatic carbocycles. The average Bonchev–Trinajstić information content (AvgIpc) is 2.55. The van der Waals surface area contributed by atoms with Crippen LogP contribution in [0.1, 0.15) is 33.6 Å². The molecule has 4 nitrogen and oxygen atoms in total. The molecule has 2 aliphatic rings. The Hall–Kier alpha value is -0.940. The van der Waals surface area contributed by atoms with Crippen molar-refractivity contribution in [3.63, 3.8) is 0 Å². The maximum Gasteiger partial charge on any atom is 0.211 e. The first-order valence-electron chi connectivity index (χ1n) is 7.24.